The molecule has 1 rings (SSSR count). The second kappa shape index (κ2) is 6.11. The molecule has 1 aliphatic rings. The smallest absolute Gasteiger partial charge is 0.239 e. The Bertz CT molecular complexity index is 204. The van der Waals surface area contributed by atoms with Gasteiger partial charge in [-0.15, -0.1) is 0 Å². The summed E-state index contributed by atoms with van der Waals surface area (Å²) < 4.78 is 0. The maximum atomic E-state index is 11.9. The highest BCUT2D eigenvalue weighted by molar-refractivity contribution is 5.82. The summed E-state index contributed by atoms with van der Waals surface area (Å²) in [5, 5.41) is 3.26. The van der Waals surface area contributed by atoms with E-state index in [0.29, 0.717) is 5.91 Å². The molecule has 88 valence electrons. The van der Waals surface area contributed by atoms with Crippen molar-refractivity contribution in [2.24, 2.45) is 5.92 Å². The fraction of sp³-hybridized carbons (Fsp3) is 0.917. The molecular weight excluding hydrogens is 188 g/mol. The van der Waals surface area contributed by atoms with E-state index < -0.39 is 0 Å². The topological polar surface area (TPSA) is 32.3 Å². The molecule has 0 saturated carbocycles. The van der Waals surface area contributed by atoms with Crippen LogP contribution in [0.2, 0.25) is 0 Å². The fourth-order valence-electron chi connectivity index (χ4n) is 2.02. The lowest BCUT2D eigenvalue weighted by molar-refractivity contribution is -0.135. The Balaban J connectivity index is 2.31. The molecule has 0 bridgehead atoms. The molecule has 0 spiro atoms. The molecule has 0 aliphatic carbocycles. The average molecular weight is 212 g/mol. The molecule has 1 unspecified atom stereocenters. The lowest BCUT2D eigenvalue weighted by Crippen LogP contribution is -2.54. The van der Waals surface area contributed by atoms with E-state index in [9.17, 15) is 4.79 Å². The van der Waals surface area contributed by atoms with Gasteiger partial charge in [-0.25, -0.2) is 0 Å². The average Bonchev–Trinajstić information content (AvgIpc) is 2.20. The SMILES string of the molecule is CCC1NCCN(CCCC(C)C)C1=O. The summed E-state index contributed by atoms with van der Waals surface area (Å²) in [5.74, 6) is 1.04. The minimum absolute atomic E-state index is 0.0674. The zero-order valence-electron chi connectivity index (χ0n) is 10.3. The van der Waals surface area contributed by atoms with Gasteiger partial charge in [0.25, 0.3) is 0 Å². The van der Waals surface area contributed by atoms with E-state index in [1.54, 1.807) is 0 Å². The highest BCUT2D eigenvalue weighted by atomic mass is 16.2. The van der Waals surface area contributed by atoms with Gasteiger partial charge in [-0.05, 0) is 25.2 Å². The molecular formula is C12H24N2O. The zero-order valence-corrected chi connectivity index (χ0v) is 10.3. The molecule has 0 aromatic heterocycles. The largest absolute Gasteiger partial charge is 0.340 e. The van der Waals surface area contributed by atoms with Crippen molar-refractivity contribution >= 4 is 5.91 Å². The van der Waals surface area contributed by atoms with Crippen molar-refractivity contribution in [3.63, 3.8) is 0 Å². The Morgan fingerprint density at radius 2 is 2.27 bits per heavy atom. The lowest BCUT2D eigenvalue weighted by atomic mass is 10.1. The summed E-state index contributed by atoms with van der Waals surface area (Å²) in [7, 11) is 0. The maximum absolute atomic E-state index is 11.9. The van der Waals surface area contributed by atoms with Crippen LogP contribution in [0.3, 0.4) is 0 Å². The highest BCUT2D eigenvalue weighted by Crippen LogP contribution is 2.09. The number of piperazine rings is 1. The summed E-state index contributed by atoms with van der Waals surface area (Å²) in [6.07, 6.45) is 3.26. The molecule has 1 atom stereocenters. The lowest BCUT2D eigenvalue weighted by Gasteiger charge is -2.32. The molecule has 3 nitrogen and oxygen atoms in total. The first kappa shape index (κ1) is 12.5. The van der Waals surface area contributed by atoms with Crippen LogP contribution in [0.4, 0.5) is 0 Å². The van der Waals surface area contributed by atoms with Crippen LogP contribution in [0.1, 0.15) is 40.0 Å². The molecule has 0 aromatic carbocycles. The van der Waals surface area contributed by atoms with E-state index in [1.165, 1.54) is 6.42 Å². The fourth-order valence-corrected chi connectivity index (χ4v) is 2.02. The van der Waals surface area contributed by atoms with Gasteiger partial charge in [0, 0.05) is 19.6 Å². The van der Waals surface area contributed by atoms with E-state index in [1.807, 2.05) is 4.90 Å². The van der Waals surface area contributed by atoms with E-state index in [4.69, 9.17) is 0 Å². The second-order valence-corrected chi connectivity index (χ2v) is 4.78. The van der Waals surface area contributed by atoms with Crippen LogP contribution in [0.5, 0.6) is 0 Å². The molecule has 15 heavy (non-hydrogen) atoms. The van der Waals surface area contributed by atoms with Gasteiger partial charge in [-0.3, -0.25) is 4.79 Å². The predicted molar refractivity (Wildman–Crippen MR) is 62.7 cm³/mol. The van der Waals surface area contributed by atoms with Crippen molar-refractivity contribution in [3.05, 3.63) is 0 Å². The van der Waals surface area contributed by atoms with Crippen molar-refractivity contribution in [2.75, 3.05) is 19.6 Å². The standard InChI is InChI=1S/C12H24N2O/c1-4-11-12(15)14(9-7-13-11)8-5-6-10(2)3/h10-11,13H,4-9H2,1-3H3. The number of nitrogens with zero attached hydrogens (tertiary/aromatic N) is 1. The first-order valence-corrected chi connectivity index (χ1v) is 6.17. The molecule has 3 heteroatoms. The number of rotatable bonds is 5. The van der Waals surface area contributed by atoms with Gasteiger partial charge in [0.1, 0.15) is 0 Å². The number of nitrogens with one attached hydrogen (secondary N) is 1. The third-order valence-electron chi connectivity index (χ3n) is 3.00. The molecule has 0 aromatic rings. The minimum atomic E-state index is 0.0674. The highest BCUT2D eigenvalue weighted by Gasteiger charge is 2.25. The number of carbonyl (C=O) groups is 1. The third-order valence-corrected chi connectivity index (χ3v) is 3.00. The third kappa shape index (κ3) is 3.82. The normalized spacial score (nSPS) is 22.5. The molecule has 0 radical (unpaired) electrons. The predicted octanol–water partition coefficient (Wildman–Crippen LogP) is 1.63. The van der Waals surface area contributed by atoms with Crippen LogP contribution in [0.15, 0.2) is 0 Å². The first-order chi connectivity index (χ1) is 7.15. The molecule has 1 N–H and O–H groups in total. The number of carbonyl (C=O) groups excluding carboxylic acids is 1. The quantitative estimate of drug-likeness (QED) is 0.751. The summed E-state index contributed by atoms with van der Waals surface area (Å²) in [6.45, 7) is 9.30. The van der Waals surface area contributed by atoms with Gasteiger partial charge >= 0.3 is 0 Å². The van der Waals surface area contributed by atoms with Crippen LogP contribution >= 0.6 is 0 Å². The molecule has 1 heterocycles. The Morgan fingerprint density at radius 1 is 1.53 bits per heavy atom. The van der Waals surface area contributed by atoms with E-state index in [-0.39, 0.29) is 6.04 Å². The Kier molecular flexibility index (Phi) is 5.09. The van der Waals surface area contributed by atoms with Gasteiger partial charge in [0.15, 0.2) is 0 Å². The summed E-state index contributed by atoms with van der Waals surface area (Å²) in [6, 6.07) is 0.0674. The van der Waals surface area contributed by atoms with Crippen molar-refractivity contribution in [3.8, 4) is 0 Å². The van der Waals surface area contributed by atoms with E-state index in [2.05, 4.69) is 26.1 Å². The number of amides is 1. The number of hydrogen-bond acceptors (Lipinski definition) is 2. The van der Waals surface area contributed by atoms with Gasteiger partial charge in [-0.1, -0.05) is 20.8 Å². The second-order valence-electron chi connectivity index (χ2n) is 4.78. The van der Waals surface area contributed by atoms with Crippen molar-refractivity contribution in [1.82, 2.24) is 10.2 Å². The van der Waals surface area contributed by atoms with Gasteiger partial charge in [0.05, 0.1) is 6.04 Å². The molecule has 1 fully saturated rings. The summed E-state index contributed by atoms with van der Waals surface area (Å²) in [4.78, 5) is 13.9. The van der Waals surface area contributed by atoms with E-state index >= 15 is 0 Å². The van der Waals surface area contributed by atoms with Crippen LogP contribution in [0.25, 0.3) is 0 Å². The Morgan fingerprint density at radius 3 is 2.87 bits per heavy atom. The van der Waals surface area contributed by atoms with Crippen molar-refractivity contribution in [2.45, 2.75) is 46.1 Å². The van der Waals surface area contributed by atoms with Crippen molar-refractivity contribution in [1.29, 1.82) is 0 Å². The summed E-state index contributed by atoms with van der Waals surface area (Å²) >= 11 is 0. The minimum Gasteiger partial charge on any atom is -0.340 e. The van der Waals surface area contributed by atoms with Crippen LogP contribution in [0, 0.1) is 5.92 Å². The monoisotopic (exact) mass is 212 g/mol. The maximum Gasteiger partial charge on any atom is 0.239 e. The number of hydrogen-bond donors (Lipinski definition) is 1. The Hall–Kier alpha value is -0.570. The van der Waals surface area contributed by atoms with Crippen LogP contribution in [-0.4, -0.2) is 36.5 Å². The van der Waals surface area contributed by atoms with Crippen LogP contribution in [-0.2, 0) is 4.79 Å². The van der Waals surface area contributed by atoms with Crippen LogP contribution < -0.4 is 5.32 Å². The molecule has 1 aliphatic heterocycles. The molecule has 1 amide bonds. The first-order valence-electron chi connectivity index (χ1n) is 6.17. The van der Waals surface area contributed by atoms with Gasteiger partial charge in [0.2, 0.25) is 5.91 Å². The molecule has 1 saturated heterocycles. The van der Waals surface area contributed by atoms with E-state index in [0.717, 1.165) is 38.4 Å². The zero-order chi connectivity index (χ0) is 11.3. The van der Waals surface area contributed by atoms with Crippen molar-refractivity contribution < 1.29 is 4.79 Å². The van der Waals surface area contributed by atoms with Gasteiger partial charge < -0.3 is 10.2 Å². The summed E-state index contributed by atoms with van der Waals surface area (Å²) in [5.41, 5.74) is 0. The Labute approximate surface area is 93.2 Å². The van der Waals surface area contributed by atoms with Gasteiger partial charge in [-0.2, -0.15) is 0 Å².